The molecule has 0 radical (unpaired) electrons. The van der Waals surface area contributed by atoms with Crippen molar-refractivity contribution in [2.24, 2.45) is 0 Å². The molecule has 0 aromatic carbocycles. The Kier molecular flexibility index (Phi) is 2.22. The minimum atomic E-state index is -0.871. The van der Waals surface area contributed by atoms with Crippen LogP contribution in [0.5, 0.6) is 0 Å². The van der Waals surface area contributed by atoms with Gasteiger partial charge in [-0.25, -0.2) is 0 Å². The second-order valence-electron chi connectivity index (χ2n) is 2.21. The van der Waals surface area contributed by atoms with Crippen LogP contribution in [0.1, 0.15) is 6.92 Å². The highest BCUT2D eigenvalue weighted by Gasteiger charge is 2.29. The molecule has 70 valence electrons. The molecule has 8 nitrogen and oxygen atoms in total. The first kappa shape index (κ1) is 9.10. The minimum absolute atomic E-state index is 0.356. The van der Waals surface area contributed by atoms with Gasteiger partial charge >= 0.3 is 11.5 Å². The molecular weight excluding hydrogens is 180 g/mol. The van der Waals surface area contributed by atoms with Crippen molar-refractivity contribution in [2.45, 2.75) is 13.5 Å². The summed E-state index contributed by atoms with van der Waals surface area (Å²) in [7, 11) is 0. The molecule has 0 unspecified atom stereocenters. The highest BCUT2D eigenvalue weighted by molar-refractivity contribution is 5.44. The number of hydrogen-bond acceptors (Lipinski definition) is 5. The molecule has 13 heavy (non-hydrogen) atoms. The largest absolute Gasteiger partial charge is 0.467 e. The van der Waals surface area contributed by atoms with Gasteiger partial charge in [0.1, 0.15) is 6.20 Å². The Balaban J connectivity index is 3.23. The lowest BCUT2D eigenvalue weighted by Crippen LogP contribution is -1.96. The first-order valence-corrected chi connectivity index (χ1v) is 3.42. The summed E-state index contributed by atoms with van der Waals surface area (Å²) in [4.78, 5) is 18.9. The van der Waals surface area contributed by atoms with Crippen molar-refractivity contribution in [3.05, 3.63) is 26.4 Å². The van der Waals surface area contributed by atoms with E-state index >= 15 is 0 Å². The number of aromatic nitrogens is 2. The van der Waals surface area contributed by atoms with Crippen molar-refractivity contribution >= 4 is 11.5 Å². The van der Waals surface area contributed by atoms with Crippen molar-refractivity contribution in [3.8, 4) is 0 Å². The van der Waals surface area contributed by atoms with Gasteiger partial charge in [-0.05, 0) is 11.8 Å². The Morgan fingerprint density at radius 1 is 1.46 bits per heavy atom. The fourth-order valence-corrected chi connectivity index (χ4v) is 0.821. The third kappa shape index (κ3) is 1.60. The van der Waals surface area contributed by atoms with E-state index in [-0.39, 0.29) is 0 Å². The second-order valence-corrected chi connectivity index (χ2v) is 2.21. The molecule has 0 aliphatic carbocycles. The molecule has 8 heteroatoms. The van der Waals surface area contributed by atoms with Gasteiger partial charge in [0, 0.05) is 0 Å². The zero-order chi connectivity index (χ0) is 10.0. The third-order valence-electron chi connectivity index (χ3n) is 1.42. The maximum Gasteiger partial charge on any atom is 0.467 e. The average molecular weight is 186 g/mol. The number of aryl methyl sites for hydroxylation is 1. The standard InChI is InChI=1S/C5H6N4O4/c1-2-7-3-4(8(10)11)5(6-7)9(12)13/h3H,2H2,1H3. The van der Waals surface area contributed by atoms with Crippen molar-refractivity contribution in [1.82, 2.24) is 9.78 Å². The number of hydrogen-bond donors (Lipinski definition) is 0. The first-order valence-electron chi connectivity index (χ1n) is 3.42. The smallest absolute Gasteiger partial charge is 0.358 e. The fourth-order valence-electron chi connectivity index (χ4n) is 0.821. The van der Waals surface area contributed by atoms with Crippen LogP contribution in [0.15, 0.2) is 6.20 Å². The maximum atomic E-state index is 10.3. The molecule has 0 spiro atoms. The molecule has 0 saturated carbocycles. The monoisotopic (exact) mass is 186 g/mol. The lowest BCUT2D eigenvalue weighted by Gasteiger charge is -1.85. The summed E-state index contributed by atoms with van der Waals surface area (Å²) in [6.07, 6.45) is 1.04. The third-order valence-corrected chi connectivity index (χ3v) is 1.42. The normalized spacial score (nSPS) is 9.92. The van der Waals surface area contributed by atoms with E-state index in [0.29, 0.717) is 6.54 Å². The Labute approximate surface area is 72.1 Å². The zero-order valence-electron chi connectivity index (χ0n) is 6.71. The van der Waals surface area contributed by atoms with Gasteiger partial charge in [0.2, 0.25) is 0 Å². The van der Waals surface area contributed by atoms with Gasteiger partial charge < -0.3 is 10.1 Å². The molecule has 0 aliphatic rings. The quantitative estimate of drug-likeness (QED) is 0.510. The van der Waals surface area contributed by atoms with E-state index < -0.39 is 21.4 Å². The SMILES string of the molecule is CCn1cc([N+](=O)[O-])c([N+](=O)[O-])n1. The first-order chi connectivity index (χ1) is 6.06. The van der Waals surface area contributed by atoms with Crippen LogP contribution in [-0.2, 0) is 6.54 Å². The van der Waals surface area contributed by atoms with Crippen LogP contribution >= 0.6 is 0 Å². The van der Waals surface area contributed by atoms with Crippen LogP contribution in [0.4, 0.5) is 11.5 Å². The average Bonchev–Trinajstić information content (AvgIpc) is 2.47. The van der Waals surface area contributed by atoms with Gasteiger partial charge in [0.25, 0.3) is 0 Å². The Morgan fingerprint density at radius 3 is 2.38 bits per heavy atom. The molecule has 0 aliphatic heterocycles. The van der Waals surface area contributed by atoms with Gasteiger partial charge in [-0.2, -0.15) is 4.68 Å². The summed E-state index contributed by atoms with van der Waals surface area (Å²) >= 11 is 0. The summed E-state index contributed by atoms with van der Waals surface area (Å²) in [5.41, 5.74) is -0.577. The highest BCUT2D eigenvalue weighted by Crippen LogP contribution is 2.23. The highest BCUT2D eigenvalue weighted by atomic mass is 16.6. The summed E-state index contributed by atoms with van der Waals surface area (Å²) in [5.74, 6) is -0.716. The molecule has 1 aromatic rings. The lowest BCUT2D eigenvalue weighted by atomic mass is 10.5. The predicted molar refractivity (Wildman–Crippen MR) is 41.2 cm³/mol. The van der Waals surface area contributed by atoms with E-state index in [9.17, 15) is 20.2 Å². The zero-order valence-corrected chi connectivity index (χ0v) is 6.71. The molecule has 1 rings (SSSR count). The molecule has 0 saturated heterocycles. The van der Waals surface area contributed by atoms with Crippen LogP contribution in [0.25, 0.3) is 0 Å². The van der Waals surface area contributed by atoms with Crippen LogP contribution in [-0.4, -0.2) is 19.6 Å². The Hall–Kier alpha value is -1.99. The Bertz CT molecular complexity index is 326. The van der Waals surface area contributed by atoms with E-state index in [4.69, 9.17) is 0 Å². The summed E-state index contributed by atoms with van der Waals surface area (Å²) in [5, 5.41) is 24.0. The number of nitrogens with zero attached hydrogens (tertiary/aromatic N) is 4. The predicted octanol–water partition coefficient (Wildman–Crippen LogP) is 0.719. The molecular formula is C5H6N4O4. The number of nitro groups is 2. The van der Waals surface area contributed by atoms with Crippen molar-refractivity contribution in [3.63, 3.8) is 0 Å². The summed E-state index contributed by atoms with van der Waals surface area (Å²) in [6.45, 7) is 2.04. The number of rotatable bonds is 3. The molecule has 0 atom stereocenters. The molecule has 0 amide bonds. The van der Waals surface area contributed by atoms with E-state index in [0.717, 1.165) is 10.9 Å². The van der Waals surface area contributed by atoms with Crippen LogP contribution in [0, 0.1) is 20.2 Å². The van der Waals surface area contributed by atoms with Gasteiger partial charge in [-0.1, -0.05) is 0 Å². The summed E-state index contributed by atoms with van der Waals surface area (Å²) in [6, 6.07) is 0. The van der Waals surface area contributed by atoms with Gasteiger partial charge in [-0.3, -0.25) is 10.1 Å². The van der Waals surface area contributed by atoms with Crippen molar-refractivity contribution in [2.75, 3.05) is 0 Å². The fraction of sp³-hybridized carbons (Fsp3) is 0.400. The second kappa shape index (κ2) is 3.17. The van der Waals surface area contributed by atoms with Crippen LogP contribution in [0.3, 0.4) is 0 Å². The van der Waals surface area contributed by atoms with E-state index in [1.165, 1.54) is 0 Å². The van der Waals surface area contributed by atoms with E-state index in [2.05, 4.69) is 5.10 Å². The van der Waals surface area contributed by atoms with Gasteiger partial charge in [-0.15, -0.1) is 0 Å². The topological polar surface area (TPSA) is 104 Å². The molecule has 1 heterocycles. The maximum absolute atomic E-state index is 10.3. The van der Waals surface area contributed by atoms with Crippen molar-refractivity contribution < 1.29 is 9.85 Å². The Morgan fingerprint density at radius 2 is 2.08 bits per heavy atom. The lowest BCUT2D eigenvalue weighted by molar-refractivity contribution is -0.424. The minimum Gasteiger partial charge on any atom is -0.358 e. The van der Waals surface area contributed by atoms with E-state index in [1.807, 2.05) is 0 Å². The molecule has 0 N–H and O–H groups in total. The van der Waals surface area contributed by atoms with Gasteiger partial charge in [0.15, 0.2) is 0 Å². The van der Waals surface area contributed by atoms with Crippen molar-refractivity contribution in [1.29, 1.82) is 0 Å². The van der Waals surface area contributed by atoms with Crippen LogP contribution < -0.4 is 0 Å². The van der Waals surface area contributed by atoms with Gasteiger partial charge in [0.05, 0.1) is 16.6 Å². The summed E-state index contributed by atoms with van der Waals surface area (Å²) < 4.78 is 1.15. The van der Waals surface area contributed by atoms with E-state index in [1.54, 1.807) is 6.92 Å². The molecule has 0 fully saturated rings. The van der Waals surface area contributed by atoms with Crippen LogP contribution in [0.2, 0.25) is 0 Å². The molecule has 0 bridgehead atoms. The molecule has 1 aromatic heterocycles.